The van der Waals surface area contributed by atoms with Gasteiger partial charge in [-0.25, -0.2) is 0 Å². The summed E-state index contributed by atoms with van der Waals surface area (Å²) in [4.78, 5) is 2.29. The van der Waals surface area contributed by atoms with Crippen molar-refractivity contribution in [3.8, 4) is 5.75 Å². The van der Waals surface area contributed by atoms with E-state index in [0.29, 0.717) is 6.61 Å². The average molecular weight is 278 g/mol. The lowest BCUT2D eigenvalue weighted by Gasteiger charge is -2.22. The molecule has 3 heteroatoms. The molecule has 0 spiro atoms. The molecule has 0 saturated carbocycles. The molecule has 1 rings (SSSR count). The highest BCUT2D eigenvalue weighted by Gasteiger charge is 2.09. The first-order valence-electron chi connectivity index (χ1n) is 7.90. The van der Waals surface area contributed by atoms with Crippen LogP contribution in [0.4, 0.5) is 5.69 Å². The van der Waals surface area contributed by atoms with Crippen LogP contribution in [-0.4, -0.2) is 26.7 Å². The van der Waals surface area contributed by atoms with Crippen molar-refractivity contribution >= 4 is 5.69 Å². The van der Waals surface area contributed by atoms with Gasteiger partial charge in [-0.1, -0.05) is 26.3 Å². The number of hydrogen-bond donors (Lipinski definition) is 1. The molecule has 0 fully saturated rings. The van der Waals surface area contributed by atoms with Crippen LogP contribution in [0.25, 0.3) is 0 Å². The molecular formula is C17H30N2O. The summed E-state index contributed by atoms with van der Waals surface area (Å²) in [5, 5.41) is 3.43. The second-order valence-corrected chi connectivity index (χ2v) is 5.19. The van der Waals surface area contributed by atoms with Gasteiger partial charge in [-0.15, -0.1) is 0 Å². The molecule has 114 valence electrons. The van der Waals surface area contributed by atoms with Crippen LogP contribution in [0, 0.1) is 0 Å². The van der Waals surface area contributed by atoms with Crippen LogP contribution in [0.2, 0.25) is 0 Å². The fourth-order valence-electron chi connectivity index (χ4n) is 2.18. The Morgan fingerprint density at radius 2 is 1.95 bits per heavy atom. The number of nitrogens with one attached hydrogen (secondary N) is 1. The minimum Gasteiger partial charge on any atom is -0.492 e. The van der Waals surface area contributed by atoms with Crippen molar-refractivity contribution in [1.82, 2.24) is 5.32 Å². The largest absolute Gasteiger partial charge is 0.492 e. The molecule has 0 unspecified atom stereocenters. The number of unbranched alkanes of at least 4 members (excludes halogenated alkanes) is 1. The topological polar surface area (TPSA) is 24.5 Å². The van der Waals surface area contributed by atoms with E-state index in [4.69, 9.17) is 4.74 Å². The normalized spacial score (nSPS) is 10.6. The minimum atomic E-state index is 0.709. The van der Waals surface area contributed by atoms with Gasteiger partial charge in [0.15, 0.2) is 0 Å². The van der Waals surface area contributed by atoms with E-state index in [1.807, 2.05) is 6.92 Å². The van der Waals surface area contributed by atoms with Gasteiger partial charge in [0.05, 0.1) is 12.3 Å². The van der Waals surface area contributed by atoms with Crippen LogP contribution in [-0.2, 0) is 6.54 Å². The van der Waals surface area contributed by atoms with E-state index in [1.54, 1.807) is 0 Å². The number of hydrogen-bond acceptors (Lipinski definition) is 3. The van der Waals surface area contributed by atoms with Gasteiger partial charge in [0.1, 0.15) is 5.75 Å². The lowest BCUT2D eigenvalue weighted by molar-refractivity contribution is 0.340. The Kier molecular flexibility index (Phi) is 8.12. The van der Waals surface area contributed by atoms with E-state index in [9.17, 15) is 0 Å². The van der Waals surface area contributed by atoms with Gasteiger partial charge < -0.3 is 15.0 Å². The van der Waals surface area contributed by atoms with Gasteiger partial charge in [0.2, 0.25) is 0 Å². The van der Waals surface area contributed by atoms with Crippen LogP contribution in [0.5, 0.6) is 5.75 Å². The van der Waals surface area contributed by atoms with Crippen molar-refractivity contribution in [2.24, 2.45) is 0 Å². The Bertz CT molecular complexity index is 379. The fourth-order valence-corrected chi connectivity index (χ4v) is 2.18. The minimum absolute atomic E-state index is 0.709. The zero-order valence-electron chi connectivity index (χ0n) is 13.5. The molecule has 0 aliphatic carbocycles. The monoisotopic (exact) mass is 278 g/mol. The van der Waals surface area contributed by atoms with E-state index in [-0.39, 0.29) is 0 Å². The number of nitrogens with zero attached hydrogens (tertiary/aromatic N) is 1. The number of rotatable bonds is 10. The number of anilines is 1. The van der Waals surface area contributed by atoms with Gasteiger partial charge in [0.25, 0.3) is 0 Å². The summed E-state index contributed by atoms with van der Waals surface area (Å²) in [6, 6.07) is 6.55. The molecule has 0 radical (unpaired) electrons. The molecule has 0 aliphatic rings. The highest BCUT2D eigenvalue weighted by atomic mass is 16.5. The fraction of sp³-hybridized carbons (Fsp3) is 0.647. The lowest BCUT2D eigenvalue weighted by atomic mass is 10.1. The number of benzene rings is 1. The first-order chi connectivity index (χ1) is 9.72. The first kappa shape index (κ1) is 16.8. The molecular weight excluding hydrogens is 248 g/mol. The molecule has 0 amide bonds. The van der Waals surface area contributed by atoms with Gasteiger partial charge in [-0.2, -0.15) is 0 Å². The Hall–Kier alpha value is -1.22. The van der Waals surface area contributed by atoms with Crippen molar-refractivity contribution in [2.75, 3.05) is 31.6 Å². The number of ether oxygens (including phenoxy) is 1. The summed E-state index contributed by atoms with van der Waals surface area (Å²) in [6.45, 7) is 10.2. The zero-order chi connectivity index (χ0) is 14.8. The van der Waals surface area contributed by atoms with Crippen LogP contribution < -0.4 is 15.0 Å². The van der Waals surface area contributed by atoms with Crippen LogP contribution in [0.15, 0.2) is 18.2 Å². The van der Waals surface area contributed by atoms with E-state index in [2.05, 4.69) is 49.3 Å². The maximum atomic E-state index is 5.82. The molecule has 0 bridgehead atoms. The SMILES string of the molecule is CCCCN(C)c1ccc(CNCCC)cc1OCC. The molecule has 0 atom stereocenters. The van der Waals surface area contributed by atoms with Gasteiger partial charge >= 0.3 is 0 Å². The molecule has 1 aromatic carbocycles. The van der Waals surface area contributed by atoms with Crippen LogP contribution in [0.3, 0.4) is 0 Å². The molecule has 0 heterocycles. The molecule has 3 nitrogen and oxygen atoms in total. The smallest absolute Gasteiger partial charge is 0.142 e. The summed E-state index contributed by atoms with van der Waals surface area (Å²) >= 11 is 0. The molecule has 0 aliphatic heterocycles. The van der Waals surface area contributed by atoms with Crippen molar-refractivity contribution in [3.63, 3.8) is 0 Å². The first-order valence-corrected chi connectivity index (χ1v) is 7.90. The standard InChI is InChI=1S/C17H30N2O/c1-5-8-12-19(4)16-10-9-15(14-18-11-6-2)13-17(16)20-7-3/h9-10,13,18H,5-8,11-12,14H2,1-4H3. The van der Waals surface area contributed by atoms with Crippen LogP contribution >= 0.6 is 0 Å². The van der Waals surface area contributed by atoms with Crippen molar-refractivity contribution < 1.29 is 4.74 Å². The predicted octanol–water partition coefficient (Wildman–Crippen LogP) is 3.82. The van der Waals surface area contributed by atoms with E-state index < -0.39 is 0 Å². The molecule has 1 aromatic rings. The third-order valence-electron chi connectivity index (χ3n) is 3.34. The Morgan fingerprint density at radius 1 is 1.15 bits per heavy atom. The third-order valence-corrected chi connectivity index (χ3v) is 3.34. The second-order valence-electron chi connectivity index (χ2n) is 5.19. The Morgan fingerprint density at radius 3 is 2.60 bits per heavy atom. The summed E-state index contributed by atoms with van der Waals surface area (Å²) in [7, 11) is 2.14. The maximum absolute atomic E-state index is 5.82. The highest BCUT2D eigenvalue weighted by Crippen LogP contribution is 2.29. The van der Waals surface area contributed by atoms with Gasteiger partial charge in [-0.3, -0.25) is 0 Å². The van der Waals surface area contributed by atoms with E-state index in [0.717, 1.165) is 31.8 Å². The van der Waals surface area contributed by atoms with Crippen molar-refractivity contribution in [2.45, 2.75) is 46.6 Å². The summed E-state index contributed by atoms with van der Waals surface area (Å²) < 4.78 is 5.82. The Balaban J connectivity index is 2.77. The summed E-state index contributed by atoms with van der Waals surface area (Å²) in [6.07, 6.45) is 3.59. The highest BCUT2D eigenvalue weighted by molar-refractivity contribution is 5.59. The van der Waals surface area contributed by atoms with E-state index in [1.165, 1.54) is 24.1 Å². The third kappa shape index (κ3) is 5.41. The van der Waals surface area contributed by atoms with Gasteiger partial charge in [-0.05, 0) is 44.0 Å². The van der Waals surface area contributed by atoms with E-state index >= 15 is 0 Å². The predicted molar refractivity (Wildman–Crippen MR) is 87.8 cm³/mol. The molecule has 20 heavy (non-hydrogen) atoms. The lowest BCUT2D eigenvalue weighted by Crippen LogP contribution is -2.20. The van der Waals surface area contributed by atoms with Crippen LogP contribution in [0.1, 0.15) is 45.6 Å². The summed E-state index contributed by atoms with van der Waals surface area (Å²) in [5.74, 6) is 1.00. The summed E-state index contributed by atoms with van der Waals surface area (Å²) in [5.41, 5.74) is 2.48. The van der Waals surface area contributed by atoms with Crippen molar-refractivity contribution in [1.29, 1.82) is 0 Å². The second kappa shape index (κ2) is 9.65. The Labute approximate surface area is 124 Å². The average Bonchev–Trinajstić information content (AvgIpc) is 2.46. The molecule has 1 N–H and O–H groups in total. The zero-order valence-corrected chi connectivity index (χ0v) is 13.5. The molecule has 0 saturated heterocycles. The molecule has 0 aromatic heterocycles. The van der Waals surface area contributed by atoms with Crippen molar-refractivity contribution in [3.05, 3.63) is 23.8 Å². The quantitative estimate of drug-likeness (QED) is 0.658. The van der Waals surface area contributed by atoms with Gasteiger partial charge in [0, 0.05) is 20.1 Å². The maximum Gasteiger partial charge on any atom is 0.142 e.